The number of nitrogens with one attached hydrogen (secondary N) is 2. The zero-order valence-corrected chi connectivity index (χ0v) is 19.0. The van der Waals surface area contributed by atoms with Crippen LogP contribution >= 0.6 is 11.8 Å². The Labute approximate surface area is 180 Å². The molecule has 1 aliphatic rings. The van der Waals surface area contributed by atoms with E-state index in [0.29, 0.717) is 27.8 Å². The summed E-state index contributed by atoms with van der Waals surface area (Å²) in [6.07, 6.45) is -0.268. The summed E-state index contributed by atoms with van der Waals surface area (Å²) in [4.78, 5) is 35.5. The van der Waals surface area contributed by atoms with Crippen LogP contribution in [0, 0.1) is 0 Å². The summed E-state index contributed by atoms with van der Waals surface area (Å²) in [7, 11) is 3.93. The van der Waals surface area contributed by atoms with Crippen LogP contribution in [0.15, 0.2) is 45.5 Å². The fourth-order valence-corrected chi connectivity index (χ4v) is 4.08. The maximum Gasteiger partial charge on any atom is 0.337 e. The highest BCUT2D eigenvalue weighted by atomic mass is 32.2. The third kappa shape index (κ3) is 4.38. The number of nitrogens with zero attached hydrogens (tertiary/aromatic N) is 2. The second-order valence-corrected chi connectivity index (χ2v) is 8.86. The molecular weight excluding hydrogens is 400 g/mol. The predicted octanol–water partition coefficient (Wildman–Crippen LogP) is 3.73. The summed E-state index contributed by atoms with van der Waals surface area (Å²) < 4.78 is 5.51. The van der Waals surface area contributed by atoms with E-state index in [2.05, 4.69) is 15.3 Å². The van der Waals surface area contributed by atoms with E-state index >= 15 is 0 Å². The third-order valence-electron chi connectivity index (χ3n) is 4.81. The maximum absolute atomic E-state index is 13.1. The minimum absolute atomic E-state index is 0.257. The van der Waals surface area contributed by atoms with E-state index in [4.69, 9.17) is 4.74 Å². The average Bonchev–Trinajstić information content (AvgIpc) is 2.66. The van der Waals surface area contributed by atoms with Crippen LogP contribution in [0.25, 0.3) is 0 Å². The second-order valence-electron chi connectivity index (χ2n) is 7.60. The van der Waals surface area contributed by atoms with Gasteiger partial charge in [0, 0.05) is 25.5 Å². The van der Waals surface area contributed by atoms with Crippen LogP contribution in [-0.2, 0) is 9.53 Å². The van der Waals surface area contributed by atoms with E-state index in [0.717, 1.165) is 17.0 Å². The van der Waals surface area contributed by atoms with Crippen LogP contribution in [0.1, 0.15) is 44.7 Å². The highest BCUT2D eigenvalue weighted by molar-refractivity contribution is 7.99. The maximum atomic E-state index is 13.1. The fraction of sp³-hybridized carbons (Fsp3) is 0.409. The zero-order chi connectivity index (χ0) is 22.0. The van der Waals surface area contributed by atoms with E-state index in [1.54, 1.807) is 0 Å². The van der Waals surface area contributed by atoms with Crippen molar-refractivity contribution in [1.29, 1.82) is 0 Å². The molecule has 1 aliphatic heterocycles. The van der Waals surface area contributed by atoms with Gasteiger partial charge in [-0.15, -0.1) is 0 Å². The van der Waals surface area contributed by atoms with Gasteiger partial charge in [0.25, 0.3) is 5.56 Å². The number of aromatic amines is 1. The van der Waals surface area contributed by atoms with Crippen molar-refractivity contribution in [3.8, 4) is 0 Å². The molecular formula is C22H28N4O3S. The van der Waals surface area contributed by atoms with Gasteiger partial charge in [0.05, 0.1) is 23.2 Å². The summed E-state index contributed by atoms with van der Waals surface area (Å²) in [6.45, 7) is 7.43. The zero-order valence-electron chi connectivity index (χ0n) is 18.2. The number of hydrogen-bond donors (Lipinski definition) is 2. The lowest BCUT2D eigenvalue weighted by atomic mass is 9.82. The minimum atomic E-state index is -0.569. The monoisotopic (exact) mass is 428 g/mol. The number of fused-ring (bicyclic) bond motifs is 1. The number of anilines is 2. The Morgan fingerprint density at radius 3 is 2.50 bits per heavy atom. The number of hydrogen-bond acceptors (Lipinski definition) is 7. The van der Waals surface area contributed by atoms with Crippen LogP contribution < -0.4 is 15.8 Å². The van der Waals surface area contributed by atoms with Crippen molar-refractivity contribution in [3.05, 3.63) is 57.0 Å². The summed E-state index contributed by atoms with van der Waals surface area (Å²) in [5, 5.41) is 3.71. The number of carbonyl (C=O) groups is 1. The van der Waals surface area contributed by atoms with Gasteiger partial charge >= 0.3 is 5.97 Å². The molecule has 0 amide bonds. The number of esters is 1. The third-order valence-corrected chi connectivity index (χ3v) is 5.56. The molecule has 3 rings (SSSR count). The lowest BCUT2D eigenvalue weighted by Gasteiger charge is -2.29. The van der Waals surface area contributed by atoms with Gasteiger partial charge in [0.2, 0.25) is 0 Å². The first-order chi connectivity index (χ1) is 14.2. The summed E-state index contributed by atoms with van der Waals surface area (Å²) >= 11 is 1.46. The summed E-state index contributed by atoms with van der Waals surface area (Å²) in [6, 6.07) is 7.83. The van der Waals surface area contributed by atoms with Crippen molar-refractivity contribution in [3.63, 3.8) is 0 Å². The quantitative estimate of drug-likeness (QED) is 0.412. The molecule has 8 heteroatoms. The molecule has 2 heterocycles. The number of thioether (sulfide) groups is 1. The SMILES string of the molecule is CCSc1nc2c(c(=O)[nH]1)C(c1ccc(N(C)C)cc1)C(C(=O)OC(C)C)=C(C)N2. The Hall–Kier alpha value is -2.74. The predicted molar refractivity (Wildman–Crippen MR) is 121 cm³/mol. The number of carbonyl (C=O) groups excluding carboxylic acids is 1. The van der Waals surface area contributed by atoms with Gasteiger partial charge in [0.1, 0.15) is 5.82 Å². The molecule has 0 bridgehead atoms. The molecule has 0 saturated carbocycles. The lowest BCUT2D eigenvalue weighted by Crippen LogP contribution is -2.31. The van der Waals surface area contributed by atoms with E-state index < -0.39 is 11.9 Å². The van der Waals surface area contributed by atoms with Crippen LogP contribution in [0.3, 0.4) is 0 Å². The lowest BCUT2D eigenvalue weighted by molar-refractivity contribution is -0.143. The van der Waals surface area contributed by atoms with E-state index in [-0.39, 0.29) is 11.7 Å². The molecule has 0 radical (unpaired) electrons. The number of rotatable bonds is 6. The van der Waals surface area contributed by atoms with Crippen LogP contribution in [-0.4, -0.2) is 41.9 Å². The standard InChI is InChI=1S/C22H28N4O3S/c1-7-30-22-24-19-18(20(27)25-22)17(14-8-10-15(11-9-14)26(5)6)16(13(4)23-19)21(28)29-12(2)3/h8-12,17H,7H2,1-6H3,(H2,23,24,25,27). The van der Waals surface area contributed by atoms with E-state index in [1.807, 2.05) is 71.0 Å². The molecule has 0 spiro atoms. The number of benzene rings is 1. The smallest absolute Gasteiger partial charge is 0.337 e. The van der Waals surface area contributed by atoms with Crippen LogP contribution in [0.2, 0.25) is 0 Å². The van der Waals surface area contributed by atoms with Gasteiger partial charge in [-0.1, -0.05) is 30.8 Å². The largest absolute Gasteiger partial charge is 0.460 e. The minimum Gasteiger partial charge on any atom is -0.460 e. The number of allylic oxidation sites excluding steroid dienone is 1. The van der Waals surface area contributed by atoms with Crippen molar-refractivity contribution < 1.29 is 9.53 Å². The molecule has 2 aromatic rings. The summed E-state index contributed by atoms with van der Waals surface area (Å²) in [5.74, 6) is 0.266. The van der Waals surface area contributed by atoms with Gasteiger partial charge in [-0.25, -0.2) is 9.78 Å². The van der Waals surface area contributed by atoms with E-state index in [9.17, 15) is 9.59 Å². The Bertz CT molecular complexity index is 1030. The Morgan fingerprint density at radius 2 is 1.93 bits per heavy atom. The highest BCUT2D eigenvalue weighted by Gasteiger charge is 2.36. The van der Waals surface area contributed by atoms with Gasteiger partial charge in [-0.2, -0.15) is 0 Å². The van der Waals surface area contributed by atoms with Gasteiger partial charge in [0.15, 0.2) is 5.16 Å². The molecule has 0 saturated heterocycles. The Kier molecular flexibility index (Phi) is 6.55. The van der Waals surface area contributed by atoms with Crippen molar-refractivity contribution in [2.75, 3.05) is 30.1 Å². The average molecular weight is 429 g/mol. The first-order valence-corrected chi connectivity index (χ1v) is 10.9. The number of aromatic nitrogens is 2. The van der Waals surface area contributed by atoms with Crippen LogP contribution in [0.4, 0.5) is 11.5 Å². The molecule has 2 N–H and O–H groups in total. The highest BCUT2D eigenvalue weighted by Crippen LogP contribution is 2.40. The Morgan fingerprint density at radius 1 is 1.27 bits per heavy atom. The molecule has 1 aromatic carbocycles. The second kappa shape index (κ2) is 8.95. The topological polar surface area (TPSA) is 87.3 Å². The van der Waals surface area contributed by atoms with Crippen molar-refractivity contribution in [2.45, 2.75) is 44.9 Å². The van der Waals surface area contributed by atoms with Gasteiger partial charge in [-0.3, -0.25) is 4.79 Å². The molecule has 1 aromatic heterocycles. The molecule has 160 valence electrons. The first-order valence-electron chi connectivity index (χ1n) is 9.96. The van der Waals surface area contributed by atoms with E-state index in [1.165, 1.54) is 11.8 Å². The molecule has 30 heavy (non-hydrogen) atoms. The molecule has 0 fully saturated rings. The number of H-pyrrole nitrogens is 1. The van der Waals surface area contributed by atoms with Crippen molar-refractivity contribution >= 4 is 29.2 Å². The van der Waals surface area contributed by atoms with Gasteiger partial charge < -0.3 is 19.9 Å². The first kappa shape index (κ1) is 22.0. The Balaban J connectivity index is 2.19. The van der Waals surface area contributed by atoms with Gasteiger partial charge in [-0.05, 0) is 44.2 Å². The summed E-state index contributed by atoms with van der Waals surface area (Å²) in [5.41, 5.74) is 3.10. The van der Waals surface area contributed by atoms with Crippen molar-refractivity contribution in [2.24, 2.45) is 0 Å². The normalized spacial score (nSPS) is 15.6. The van der Waals surface area contributed by atoms with Crippen molar-refractivity contribution in [1.82, 2.24) is 9.97 Å². The molecule has 1 atom stereocenters. The molecule has 1 unspecified atom stereocenters. The fourth-order valence-electron chi connectivity index (χ4n) is 3.48. The van der Waals surface area contributed by atoms with Crippen LogP contribution in [0.5, 0.6) is 0 Å². The molecule has 0 aliphatic carbocycles. The molecule has 7 nitrogen and oxygen atoms in total. The number of ether oxygens (including phenoxy) is 1.